The van der Waals surface area contributed by atoms with Gasteiger partial charge in [-0.05, 0) is 81.1 Å². The first-order chi connectivity index (χ1) is 22.4. The minimum Gasteiger partial charge on any atom is -0.302 e. The van der Waals surface area contributed by atoms with Crippen LogP contribution in [0.25, 0.3) is 43.3 Å². The van der Waals surface area contributed by atoms with Gasteiger partial charge in [0.05, 0.1) is 29.1 Å². The van der Waals surface area contributed by atoms with Gasteiger partial charge in [-0.2, -0.15) is 17.5 Å². The van der Waals surface area contributed by atoms with E-state index in [2.05, 4.69) is 94.2 Å². The molecule has 0 bridgehead atoms. The summed E-state index contributed by atoms with van der Waals surface area (Å²) in [5.74, 6) is -0.191. The van der Waals surface area contributed by atoms with Gasteiger partial charge in [0.25, 0.3) is 5.91 Å². The van der Waals surface area contributed by atoms with Crippen molar-refractivity contribution < 1.29 is 4.79 Å². The minimum atomic E-state index is -0.191. The number of benzene rings is 4. The summed E-state index contributed by atoms with van der Waals surface area (Å²) in [4.78, 5) is 22.6. The molecule has 13 heteroatoms. The monoisotopic (exact) mass is 693 g/mol. The Labute approximate surface area is 286 Å². The number of thioether (sulfide) groups is 1. The van der Waals surface area contributed by atoms with E-state index in [4.69, 9.17) is 26.0 Å². The number of carbonyl (C=O) groups is 1. The predicted octanol–water partition coefficient (Wildman–Crippen LogP) is 9.57. The molecule has 1 saturated heterocycles. The highest BCUT2D eigenvalue weighted by molar-refractivity contribution is 8.35. The van der Waals surface area contributed by atoms with Gasteiger partial charge < -0.3 is 4.90 Å². The Morgan fingerprint density at radius 1 is 0.783 bits per heavy atom. The fourth-order valence-electron chi connectivity index (χ4n) is 5.53. The highest BCUT2D eigenvalue weighted by Gasteiger charge is 2.33. The average Bonchev–Trinajstić information content (AvgIpc) is 3.87. The molecule has 1 amide bonds. The standard InChI is InChI=1S/C33H23N7OS5/c1-4-39-32(41)31(44-33(39)42)34-24-16-22-21(28-30(24)38-46-36-28)15-23(29-27(22)35-45-37-29)25-13-14-26(43-25)40(19-9-5-17(2)6-10-19)20-11-7-18(3)8-12-20/h5-16H,4H2,1-3H3. The molecule has 0 radical (unpaired) electrons. The lowest BCUT2D eigenvalue weighted by molar-refractivity contribution is -0.119. The van der Waals surface area contributed by atoms with E-state index in [0.717, 1.165) is 65.9 Å². The SMILES string of the molecule is CCN1C(=O)C(=Nc2cc3c(cc(-c4ccc(N(c5ccc(C)cc5)c5ccc(C)cc5)s4)c4nsnc43)c3nsnc23)SC1=S. The first-order valence-corrected chi connectivity index (χ1v) is 17.9. The van der Waals surface area contributed by atoms with Crippen molar-refractivity contribution in [1.29, 1.82) is 0 Å². The molecule has 0 aliphatic carbocycles. The number of hydrogen-bond donors (Lipinski definition) is 0. The maximum absolute atomic E-state index is 13.0. The number of thiophene rings is 1. The second-order valence-corrected chi connectivity index (χ2v) is 14.6. The Hall–Kier alpha value is -4.14. The molecule has 226 valence electrons. The number of amides is 1. The molecule has 4 heterocycles. The lowest BCUT2D eigenvalue weighted by atomic mass is 10.0. The van der Waals surface area contributed by atoms with Crippen LogP contribution in [0.1, 0.15) is 18.1 Å². The molecule has 7 aromatic rings. The van der Waals surface area contributed by atoms with Crippen LogP contribution in [0.3, 0.4) is 0 Å². The van der Waals surface area contributed by atoms with Gasteiger partial charge in [-0.3, -0.25) is 9.69 Å². The summed E-state index contributed by atoms with van der Waals surface area (Å²) >= 11 is 10.6. The van der Waals surface area contributed by atoms with Crippen molar-refractivity contribution in [1.82, 2.24) is 22.4 Å². The third-order valence-corrected chi connectivity index (χ3v) is 11.4. The van der Waals surface area contributed by atoms with Crippen LogP contribution >= 0.6 is 58.8 Å². The highest BCUT2D eigenvalue weighted by Crippen LogP contribution is 2.46. The van der Waals surface area contributed by atoms with E-state index in [1.165, 1.54) is 34.6 Å². The van der Waals surface area contributed by atoms with Crippen molar-refractivity contribution in [3.63, 3.8) is 0 Å². The van der Waals surface area contributed by atoms with Crippen LogP contribution in [0.15, 0.2) is 77.8 Å². The second kappa shape index (κ2) is 11.6. The zero-order valence-corrected chi connectivity index (χ0v) is 28.8. The number of aliphatic imine (C=N–C) groups is 1. The van der Waals surface area contributed by atoms with Gasteiger partial charge in [0.15, 0.2) is 5.04 Å². The molecular formula is C33H23N7OS5. The summed E-state index contributed by atoms with van der Waals surface area (Å²) < 4.78 is 19.3. The van der Waals surface area contributed by atoms with Crippen molar-refractivity contribution in [3.8, 4) is 10.4 Å². The van der Waals surface area contributed by atoms with Gasteiger partial charge >= 0.3 is 0 Å². The Bertz CT molecular complexity index is 2310. The molecule has 8 rings (SSSR count). The Balaban J connectivity index is 1.27. The minimum absolute atomic E-state index is 0.191. The molecule has 4 aromatic carbocycles. The molecule has 46 heavy (non-hydrogen) atoms. The van der Waals surface area contributed by atoms with Gasteiger partial charge in [-0.25, -0.2) is 4.99 Å². The molecule has 0 unspecified atom stereocenters. The molecule has 1 aliphatic rings. The smallest absolute Gasteiger partial charge is 0.284 e. The van der Waals surface area contributed by atoms with E-state index >= 15 is 0 Å². The lowest BCUT2D eigenvalue weighted by Crippen LogP contribution is -2.29. The molecule has 0 spiro atoms. The van der Waals surface area contributed by atoms with Crippen LogP contribution in [0.4, 0.5) is 22.1 Å². The molecule has 0 atom stereocenters. The Kier molecular flexibility index (Phi) is 7.37. The number of rotatable bonds is 6. The van der Waals surface area contributed by atoms with Crippen LogP contribution in [-0.2, 0) is 4.79 Å². The second-order valence-electron chi connectivity index (χ2n) is 10.8. The van der Waals surface area contributed by atoms with Gasteiger partial charge in [-0.15, -0.1) is 11.3 Å². The van der Waals surface area contributed by atoms with Crippen LogP contribution in [0.5, 0.6) is 0 Å². The van der Waals surface area contributed by atoms with E-state index in [1.807, 2.05) is 13.0 Å². The number of aromatic nitrogens is 4. The van der Waals surface area contributed by atoms with Crippen molar-refractivity contribution in [3.05, 3.63) is 83.9 Å². The number of thiocarbonyl (C=S) groups is 1. The normalized spacial score (nSPS) is 14.5. The van der Waals surface area contributed by atoms with E-state index in [9.17, 15) is 4.79 Å². The summed E-state index contributed by atoms with van der Waals surface area (Å²) in [6.45, 7) is 6.60. The summed E-state index contributed by atoms with van der Waals surface area (Å²) in [5.41, 5.74) is 9.12. The first-order valence-electron chi connectivity index (χ1n) is 14.4. The van der Waals surface area contributed by atoms with Crippen molar-refractivity contribution in [2.45, 2.75) is 20.8 Å². The van der Waals surface area contributed by atoms with Gasteiger partial charge in [0, 0.05) is 39.1 Å². The van der Waals surface area contributed by atoms with E-state index in [0.29, 0.717) is 27.1 Å². The van der Waals surface area contributed by atoms with Gasteiger partial charge in [0.1, 0.15) is 31.4 Å². The molecule has 0 N–H and O–H groups in total. The zero-order chi connectivity index (χ0) is 31.5. The quantitative estimate of drug-likeness (QED) is 0.159. The van der Waals surface area contributed by atoms with Crippen molar-refractivity contribution >= 4 is 129 Å². The number of aryl methyl sites for hydroxylation is 2. The lowest BCUT2D eigenvalue weighted by Gasteiger charge is -2.24. The molecular weight excluding hydrogens is 671 g/mol. The molecule has 8 nitrogen and oxygen atoms in total. The zero-order valence-electron chi connectivity index (χ0n) is 24.7. The maximum Gasteiger partial charge on any atom is 0.284 e. The third-order valence-electron chi connectivity index (χ3n) is 7.88. The number of fused-ring (bicyclic) bond motifs is 5. The molecule has 0 saturated carbocycles. The first kappa shape index (κ1) is 29.3. The fourth-order valence-corrected chi connectivity index (χ4v) is 9.02. The predicted molar refractivity (Wildman–Crippen MR) is 198 cm³/mol. The third kappa shape index (κ3) is 4.90. The maximum atomic E-state index is 13.0. The molecule has 1 aliphatic heterocycles. The van der Waals surface area contributed by atoms with Crippen LogP contribution < -0.4 is 4.90 Å². The number of anilines is 3. The van der Waals surface area contributed by atoms with E-state index in [1.54, 1.807) is 16.2 Å². The van der Waals surface area contributed by atoms with Crippen LogP contribution in [-0.4, -0.2) is 44.2 Å². The van der Waals surface area contributed by atoms with Crippen LogP contribution in [0.2, 0.25) is 0 Å². The van der Waals surface area contributed by atoms with Gasteiger partial charge in [-0.1, -0.05) is 47.6 Å². The Morgan fingerprint density at radius 3 is 2.00 bits per heavy atom. The summed E-state index contributed by atoms with van der Waals surface area (Å²) in [6.07, 6.45) is 0. The van der Waals surface area contributed by atoms with Crippen LogP contribution in [0, 0.1) is 13.8 Å². The molecule has 1 fully saturated rings. The fraction of sp³-hybridized carbons (Fsp3) is 0.121. The van der Waals surface area contributed by atoms with E-state index in [-0.39, 0.29) is 5.91 Å². The Morgan fingerprint density at radius 2 is 1.37 bits per heavy atom. The van der Waals surface area contributed by atoms with E-state index < -0.39 is 0 Å². The number of hydrogen-bond acceptors (Lipinski definition) is 12. The largest absolute Gasteiger partial charge is 0.302 e. The van der Waals surface area contributed by atoms with Crippen molar-refractivity contribution in [2.24, 2.45) is 4.99 Å². The van der Waals surface area contributed by atoms with Gasteiger partial charge in [0.2, 0.25) is 0 Å². The number of nitrogens with zero attached hydrogens (tertiary/aromatic N) is 7. The topological polar surface area (TPSA) is 87.5 Å². The molecule has 3 aromatic heterocycles. The highest BCUT2D eigenvalue weighted by atomic mass is 32.2. The number of carbonyl (C=O) groups excluding carboxylic acids is 1. The summed E-state index contributed by atoms with van der Waals surface area (Å²) in [6, 6.07) is 25.6. The average molecular weight is 694 g/mol. The summed E-state index contributed by atoms with van der Waals surface area (Å²) in [5, 5.41) is 3.21. The van der Waals surface area contributed by atoms with Crippen molar-refractivity contribution in [2.75, 3.05) is 11.4 Å². The summed E-state index contributed by atoms with van der Waals surface area (Å²) in [7, 11) is 0.